The summed E-state index contributed by atoms with van der Waals surface area (Å²) in [6.07, 6.45) is 0.885. The van der Waals surface area contributed by atoms with E-state index in [1.54, 1.807) is 22.5 Å². The van der Waals surface area contributed by atoms with E-state index < -0.39 is 10.0 Å². The van der Waals surface area contributed by atoms with Crippen LogP contribution in [-0.2, 0) is 10.0 Å². The molecule has 1 aliphatic rings. The first kappa shape index (κ1) is 20.2. The molecule has 1 saturated heterocycles. The van der Waals surface area contributed by atoms with Crippen LogP contribution < -0.4 is 10.5 Å². The van der Waals surface area contributed by atoms with Crippen LogP contribution in [0, 0.1) is 12.8 Å². The van der Waals surface area contributed by atoms with Gasteiger partial charge in [-0.1, -0.05) is 0 Å². The molecule has 0 saturated carbocycles. The van der Waals surface area contributed by atoms with Crippen molar-refractivity contribution in [3.8, 4) is 5.75 Å². The molecule has 0 amide bonds. The quantitative estimate of drug-likeness (QED) is 0.873. The van der Waals surface area contributed by atoms with Crippen LogP contribution in [0.4, 0.5) is 0 Å². The largest absolute Gasteiger partial charge is 0.491 e. The number of nitrogens with zero attached hydrogens (tertiary/aromatic N) is 1. The van der Waals surface area contributed by atoms with Crippen molar-refractivity contribution in [1.29, 1.82) is 0 Å². The van der Waals surface area contributed by atoms with Gasteiger partial charge in [-0.05, 0) is 63.8 Å². The monoisotopic (exact) mass is 362 g/mol. The van der Waals surface area contributed by atoms with Crippen molar-refractivity contribution in [3.05, 3.63) is 23.8 Å². The molecular formula is C16H27ClN2O3S. The van der Waals surface area contributed by atoms with Crippen molar-refractivity contribution in [3.63, 3.8) is 0 Å². The summed E-state index contributed by atoms with van der Waals surface area (Å²) in [5.41, 5.74) is 6.73. The summed E-state index contributed by atoms with van der Waals surface area (Å²) >= 11 is 0. The number of hydrogen-bond acceptors (Lipinski definition) is 4. The fraction of sp³-hybridized carbons (Fsp3) is 0.625. The summed E-state index contributed by atoms with van der Waals surface area (Å²) in [6, 6.07) is 5.07. The molecule has 1 aromatic rings. The van der Waals surface area contributed by atoms with Crippen LogP contribution >= 0.6 is 12.4 Å². The molecule has 2 rings (SSSR count). The number of nitrogens with two attached hydrogens (primary N) is 1. The van der Waals surface area contributed by atoms with Gasteiger partial charge in [0.1, 0.15) is 5.75 Å². The number of ether oxygens (including phenoxy) is 1. The number of aryl methyl sites for hydroxylation is 1. The molecule has 2 atom stereocenters. The first-order valence-corrected chi connectivity index (χ1v) is 9.19. The average Bonchev–Trinajstić information content (AvgIpc) is 2.91. The van der Waals surface area contributed by atoms with Crippen molar-refractivity contribution in [2.75, 3.05) is 13.1 Å². The van der Waals surface area contributed by atoms with E-state index in [9.17, 15) is 8.42 Å². The zero-order valence-corrected chi connectivity index (χ0v) is 15.8. The van der Waals surface area contributed by atoms with Crippen LogP contribution in [0.5, 0.6) is 5.75 Å². The molecule has 7 heteroatoms. The van der Waals surface area contributed by atoms with Crippen LogP contribution in [0.1, 0.15) is 32.8 Å². The molecule has 0 radical (unpaired) electrons. The Morgan fingerprint density at radius 2 is 1.96 bits per heavy atom. The van der Waals surface area contributed by atoms with E-state index in [1.165, 1.54) is 0 Å². The summed E-state index contributed by atoms with van der Waals surface area (Å²) in [6.45, 7) is 8.74. The summed E-state index contributed by atoms with van der Waals surface area (Å²) in [7, 11) is -3.45. The Labute approximate surface area is 145 Å². The Bertz CT molecular complexity index is 632. The number of hydrogen-bond donors (Lipinski definition) is 1. The Morgan fingerprint density at radius 3 is 2.43 bits per heavy atom. The van der Waals surface area contributed by atoms with E-state index in [-0.39, 0.29) is 30.5 Å². The smallest absolute Gasteiger partial charge is 0.243 e. The van der Waals surface area contributed by atoms with Crippen molar-refractivity contribution in [2.45, 2.75) is 51.2 Å². The fourth-order valence-corrected chi connectivity index (χ4v) is 4.32. The summed E-state index contributed by atoms with van der Waals surface area (Å²) < 4.78 is 32.7. The van der Waals surface area contributed by atoms with E-state index in [1.807, 2.05) is 27.7 Å². The fourth-order valence-electron chi connectivity index (χ4n) is 2.72. The molecule has 1 fully saturated rings. The molecule has 5 nitrogen and oxygen atoms in total. The predicted octanol–water partition coefficient (Wildman–Crippen LogP) is 2.56. The van der Waals surface area contributed by atoms with E-state index in [4.69, 9.17) is 10.5 Å². The zero-order valence-electron chi connectivity index (χ0n) is 14.2. The maximum absolute atomic E-state index is 12.7. The van der Waals surface area contributed by atoms with Gasteiger partial charge in [-0.2, -0.15) is 4.31 Å². The van der Waals surface area contributed by atoms with Gasteiger partial charge in [-0.3, -0.25) is 0 Å². The lowest BCUT2D eigenvalue weighted by Gasteiger charge is -2.19. The van der Waals surface area contributed by atoms with Gasteiger partial charge in [0.05, 0.1) is 11.0 Å². The number of rotatable bonds is 5. The van der Waals surface area contributed by atoms with Crippen LogP contribution in [-0.4, -0.2) is 38.0 Å². The summed E-state index contributed by atoms with van der Waals surface area (Å²) in [5, 5.41) is 0. The Kier molecular flexibility index (Phi) is 6.89. The maximum atomic E-state index is 12.7. The zero-order chi connectivity index (χ0) is 16.5. The standard InChI is InChI=1S/C16H26N2O3S.ClH/c1-11(2)21-16-6-5-15(9-12(16)3)22(19,20)18-8-7-14(10-18)13(4)17;/h5-6,9,11,13-14H,7-8,10,17H2,1-4H3;1H. The number of sulfonamides is 1. The highest BCUT2D eigenvalue weighted by Crippen LogP contribution is 2.28. The maximum Gasteiger partial charge on any atom is 0.243 e. The summed E-state index contributed by atoms with van der Waals surface area (Å²) in [4.78, 5) is 0.325. The van der Waals surface area contributed by atoms with Gasteiger partial charge in [0.25, 0.3) is 0 Å². The molecule has 23 heavy (non-hydrogen) atoms. The van der Waals surface area contributed by atoms with E-state index in [0.29, 0.717) is 18.0 Å². The molecule has 1 aromatic carbocycles. The number of benzene rings is 1. The Morgan fingerprint density at radius 1 is 1.30 bits per heavy atom. The molecule has 132 valence electrons. The minimum atomic E-state index is -3.45. The van der Waals surface area contributed by atoms with E-state index in [0.717, 1.165) is 17.7 Å². The SMILES string of the molecule is Cc1cc(S(=O)(=O)N2CCC(C(C)N)C2)ccc1OC(C)C.Cl. The molecule has 0 bridgehead atoms. The first-order chi connectivity index (χ1) is 10.2. The van der Waals surface area contributed by atoms with Gasteiger partial charge >= 0.3 is 0 Å². The topological polar surface area (TPSA) is 72.6 Å². The van der Waals surface area contributed by atoms with Crippen molar-refractivity contribution in [2.24, 2.45) is 11.7 Å². The molecular weight excluding hydrogens is 336 g/mol. The van der Waals surface area contributed by atoms with Crippen molar-refractivity contribution < 1.29 is 13.2 Å². The highest BCUT2D eigenvalue weighted by atomic mass is 35.5. The highest BCUT2D eigenvalue weighted by molar-refractivity contribution is 7.89. The molecule has 2 N–H and O–H groups in total. The number of halogens is 1. The molecule has 1 aliphatic heterocycles. The van der Waals surface area contributed by atoms with Crippen molar-refractivity contribution >= 4 is 22.4 Å². The Hall–Kier alpha value is -0.820. The molecule has 0 aliphatic carbocycles. The second-order valence-corrected chi connectivity index (χ2v) is 8.30. The minimum absolute atomic E-state index is 0. The van der Waals surface area contributed by atoms with Gasteiger partial charge in [0, 0.05) is 19.1 Å². The summed E-state index contributed by atoms with van der Waals surface area (Å²) in [5.74, 6) is 0.961. The molecule has 0 spiro atoms. The lowest BCUT2D eigenvalue weighted by molar-refractivity contribution is 0.240. The van der Waals surface area contributed by atoms with E-state index in [2.05, 4.69) is 0 Å². The van der Waals surface area contributed by atoms with Gasteiger partial charge in [-0.25, -0.2) is 8.42 Å². The normalized spacial score (nSPS) is 20.3. The van der Waals surface area contributed by atoms with Gasteiger partial charge in [0.15, 0.2) is 0 Å². The lowest BCUT2D eigenvalue weighted by atomic mass is 10.0. The van der Waals surface area contributed by atoms with Crippen LogP contribution in [0.15, 0.2) is 23.1 Å². The third kappa shape index (κ3) is 4.59. The third-order valence-corrected chi connectivity index (χ3v) is 5.94. The van der Waals surface area contributed by atoms with Gasteiger partial charge in [-0.15, -0.1) is 12.4 Å². The van der Waals surface area contributed by atoms with Crippen LogP contribution in [0.25, 0.3) is 0 Å². The van der Waals surface area contributed by atoms with Crippen LogP contribution in [0.3, 0.4) is 0 Å². The first-order valence-electron chi connectivity index (χ1n) is 7.75. The molecule has 0 aromatic heterocycles. The van der Waals surface area contributed by atoms with Crippen LogP contribution in [0.2, 0.25) is 0 Å². The average molecular weight is 363 g/mol. The highest BCUT2D eigenvalue weighted by Gasteiger charge is 2.34. The van der Waals surface area contributed by atoms with Crippen molar-refractivity contribution in [1.82, 2.24) is 4.31 Å². The molecule has 1 heterocycles. The second kappa shape index (κ2) is 7.83. The predicted molar refractivity (Wildman–Crippen MR) is 94.7 cm³/mol. The van der Waals surface area contributed by atoms with Gasteiger partial charge < -0.3 is 10.5 Å². The van der Waals surface area contributed by atoms with Gasteiger partial charge in [0.2, 0.25) is 10.0 Å². The van der Waals surface area contributed by atoms with E-state index >= 15 is 0 Å². The minimum Gasteiger partial charge on any atom is -0.491 e. The Balaban J connectivity index is 0.00000264. The second-order valence-electron chi connectivity index (χ2n) is 6.36. The third-order valence-electron chi connectivity index (χ3n) is 4.08. The lowest BCUT2D eigenvalue weighted by Crippen LogP contribution is -2.33. The molecule has 2 unspecified atom stereocenters.